The molecule has 1 amide bonds. The lowest BCUT2D eigenvalue weighted by Crippen LogP contribution is -2.30. The minimum atomic E-state index is -0.800. The van der Waals surface area contributed by atoms with Crippen LogP contribution in [-0.4, -0.2) is 21.8 Å². The summed E-state index contributed by atoms with van der Waals surface area (Å²) in [6.07, 6.45) is 1.79. The van der Waals surface area contributed by atoms with Gasteiger partial charge in [-0.05, 0) is 36.8 Å². The number of nitrogens with one attached hydrogen (secondary N) is 1. The second-order valence-corrected chi connectivity index (χ2v) is 8.19. The molecule has 0 bridgehead atoms. The van der Waals surface area contributed by atoms with Gasteiger partial charge < -0.3 is 10.1 Å². The number of hydrogen-bond donors (Lipinski definition) is 2. The molecule has 3 aromatic carbocycles. The molecule has 0 saturated carbocycles. The third kappa shape index (κ3) is 3.10. The third-order valence-corrected chi connectivity index (χ3v) is 6.07. The quantitative estimate of drug-likeness (QED) is 0.241. The van der Waals surface area contributed by atoms with Crippen molar-refractivity contribution in [3.63, 3.8) is 0 Å². The summed E-state index contributed by atoms with van der Waals surface area (Å²) in [6.45, 7) is 1.89. The van der Waals surface area contributed by atoms with E-state index in [1.54, 1.807) is 30.5 Å². The van der Waals surface area contributed by atoms with Gasteiger partial charge in [-0.2, -0.15) is 0 Å². The maximum atomic E-state index is 13.3. The summed E-state index contributed by atoms with van der Waals surface area (Å²) < 4.78 is 0. The number of aliphatic hydroxyl groups excluding tert-OH is 1. The summed E-state index contributed by atoms with van der Waals surface area (Å²) in [6, 6.07) is 20.9. The second kappa shape index (κ2) is 7.70. The molecule has 6 heteroatoms. The molecule has 5 rings (SSSR count). The first-order valence-electron chi connectivity index (χ1n) is 10.2. The Hall–Kier alpha value is -3.83. The first-order valence-corrected chi connectivity index (χ1v) is 10.5. The summed E-state index contributed by atoms with van der Waals surface area (Å²) in [5.74, 6) is -1.67. The van der Waals surface area contributed by atoms with Gasteiger partial charge in [0.15, 0.2) is 0 Å². The summed E-state index contributed by atoms with van der Waals surface area (Å²) in [5.41, 5.74) is 3.49. The molecule has 0 radical (unpaired) electrons. The van der Waals surface area contributed by atoms with Crippen molar-refractivity contribution in [1.82, 2.24) is 4.98 Å². The van der Waals surface area contributed by atoms with E-state index in [9.17, 15) is 14.7 Å². The van der Waals surface area contributed by atoms with Crippen LogP contribution in [0.15, 0.2) is 84.6 Å². The van der Waals surface area contributed by atoms with Gasteiger partial charge in [0.25, 0.3) is 11.7 Å². The number of Topliss-reactive ketones (excluding diaryl/α,β-unsaturated/α-hetero) is 1. The molecule has 32 heavy (non-hydrogen) atoms. The van der Waals surface area contributed by atoms with Gasteiger partial charge in [-0.1, -0.05) is 60.1 Å². The minimum absolute atomic E-state index is 0.0327. The van der Waals surface area contributed by atoms with Gasteiger partial charge in [-0.15, -0.1) is 0 Å². The van der Waals surface area contributed by atoms with Gasteiger partial charge in [0.2, 0.25) is 0 Å². The fourth-order valence-electron chi connectivity index (χ4n) is 4.32. The molecule has 0 spiro atoms. The van der Waals surface area contributed by atoms with Crippen molar-refractivity contribution in [3.05, 3.63) is 106 Å². The van der Waals surface area contributed by atoms with Crippen molar-refractivity contribution in [3.8, 4) is 0 Å². The van der Waals surface area contributed by atoms with E-state index in [0.717, 1.165) is 22.0 Å². The summed E-state index contributed by atoms with van der Waals surface area (Å²) in [4.78, 5) is 31.3. The predicted octanol–water partition coefficient (Wildman–Crippen LogP) is 5.76. The van der Waals surface area contributed by atoms with E-state index in [0.29, 0.717) is 16.3 Å². The van der Waals surface area contributed by atoms with Gasteiger partial charge in [-0.3, -0.25) is 14.5 Å². The van der Waals surface area contributed by atoms with Crippen LogP contribution in [-0.2, 0) is 9.59 Å². The Morgan fingerprint density at radius 3 is 2.53 bits per heavy atom. The monoisotopic (exact) mass is 442 g/mol. The first-order chi connectivity index (χ1) is 15.5. The Kier molecular flexibility index (Phi) is 4.83. The highest BCUT2D eigenvalue weighted by atomic mass is 35.5. The number of carbonyl (C=O) groups excluding carboxylic acids is 2. The third-order valence-electron chi connectivity index (χ3n) is 5.83. The standard InChI is InChI=1S/C26H19ClN2O3/c1-15-7-2-5-12-21(15)29-23(19-14-28-20-11-4-3-10-18(19)20)22(25(31)26(29)32)24(30)16-8-6-9-17(27)13-16/h2-14,23,28,30H,1H3/b24-22+. The molecule has 1 saturated heterocycles. The Morgan fingerprint density at radius 2 is 1.75 bits per heavy atom. The second-order valence-electron chi connectivity index (χ2n) is 7.76. The van der Waals surface area contributed by atoms with Crippen molar-refractivity contribution < 1.29 is 14.7 Å². The molecular formula is C26H19ClN2O3. The molecule has 1 aliphatic heterocycles. The Balaban J connectivity index is 1.81. The van der Waals surface area contributed by atoms with Gasteiger partial charge >= 0.3 is 0 Å². The van der Waals surface area contributed by atoms with E-state index in [1.807, 2.05) is 55.5 Å². The van der Waals surface area contributed by atoms with E-state index in [1.165, 1.54) is 4.90 Å². The van der Waals surface area contributed by atoms with E-state index >= 15 is 0 Å². The number of aromatic amines is 1. The van der Waals surface area contributed by atoms with E-state index in [2.05, 4.69) is 4.98 Å². The number of carbonyl (C=O) groups is 2. The SMILES string of the molecule is Cc1ccccc1N1C(=O)C(=O)/C(=C(/O)c2cccc(Cl)c2)C1c1c[nH]c2ccccc12. The maximum absolute atomic E-state index is 13.3. The number of rotatable bonds is 3. The summed E-state index contributed by atoms with van der Waals surface area (Å²) in [5, 5.41) is 12.5. The van der Waals surface area contributed by atoms with Crippen molar-refractivity contribution in [2.24, 2.45) is 0 Å². The number of aryl methyl sites for hydroxylation is 1. The number of nitrogens with zero attached hydrogens (tertiary/aromatic N) is 1. The molecule has 0 aliphatic carbocycles. The van der Waals surface area contributed by atoms with E-state index in [-0.39, 0.29) is 11.3 Å². The van der Waals surface area contributed by atoms with Crippen LogP contribution in [0.3, 0.4) is 0 Å². The number of aromatic nitrogens is 1. The van der Waals surface area contributed by atoms with Crippen molar-refractivity contribution in [1.29, 1.82) is 0 Å². The molecule has 1 atom stereocenters. The fourth-order valence-corrected chi connectivity index (χ4v) is 4.51. The lowest BCUT2D eigenvalue weighted by molar-refractivity contribution is -0.132. The van der Waals surface area contributed by atoms with E-state index in [4.69, 9.17) is 11.6 Å². The smallest absolute Gasteiger partial charge is 0.300 e. The van der Waals surface area contributed by atoms with Gasteiger partial charge in [0.1, 0.15) is 5.76 Å². The number of hydrogen-bond acceptors (Lipinski definition) is 3. The molecule has 2 heterocycles. The highest BCUT2D eigenvalue weighted by Gasteiger charge is 2.48. The lowest BCUT2D eigenvalue weighted by Gasteiger charge is -2.26. The van der Waals surface area contributed by atoms with Crippen LogP contribution in [0, 0.1) is 6.92 Å². The molecule has 158 valence electrons. The van der Waals surface area contributed by atoms with Crippen LogP contribution >= 0.6 is 11.6 Å². The molecule has 1 unspecified atom stereocenters. The first kappa shape index (κ1) is 20.1. The Bertz CT molecular complexity index is 1420. The number of anilines is 1. The number of benzene rings is 3. The normalized spacial score (nSPS) is 17.9. The zero-order valence-electron chi connectivity index (χ0n) is 17.2. The van der Waals surface area contributed by atoms with Crippen molar-refractivity contribution in [2.45, 2.75) is 13.0 Å². The zero-order valence-corrected chi connectivity index (χ0v) is 17.9. The number of para-hydroxylation sites is 2. The molecule has 5 nitrogen and oxygen atoms in total. The number of amides is 1. The Morgan fingerprint density at radius 1 is 1.00 bits per heavy atom. The molecule has 2 N–H and O–H groups in total. The lowest BCUT2D eigenvalue weighted by atomic mass is 9.94. The topological polar surface area (TPSA) is 73.4 Å². The molecular weight excluding hydrogens is 424 g/mol. The number of aliphatic hydroxyl groups is 1. The number of fused-ring (bicyclic) bond motifs is 1. The van der Waals surface area contributed by atoms with Gasteiger partial charge in [0, 0.05) is 38.9 Å². The van der Waals surface area contributed by atoms with Crippen LogP contribution in [0.2, 0.25) is 5.02 Å². The largest absolute Gasteiger partial charge is 0.507 e. The van der Waals surface area contributed by atoms with Crippen LogP contribution in [0.5, 0.6) is 0 Å². The van der Waals surface area contributed by atoms with Crippen LogP contribution in [0.25, 0.3) is 16.7 Å². The van der Waals surface area contributed by atoms with Gasteiger partial charge in [-0.25, -0.2) is 0 Å². The average molecular weight is 443 g/mol. The van der Waals surface area contributed by atoms with Gasteiger partial charge in [0.05, 0.1) is 11.6 Å². The highest BCUT2D eigenvalue weighted by Crippen LogP contribution is 2.45. The summed E-state index contributed by atoms with van der Waals surface area (Å²) in [7, 11) is 0. The molecule has 4 aromatic rings. The molecule has 1 fully saturated rings. The van der Waals surface area contributed by atoms with E-state index < -0.39 is 17.7 Å². The summed E-state index contributed by atoms with van der Waals surface area (Å²) >= 11 is 6.12. The van der Waals surface area contributed by atoms with Crippen molar-refractivity contribution in [2.75, 3.05) is 4.90 Å². The maximum Gasteiger partial charge on any atom is 0.300 e. The number of H-pyrrole nitrogens is 1. The van der Waals surface area contributed by atoms with Crippen LogP contribution in [0.4, 0.5) is 5.69 Å². The van der Waals surface area contributed by atoms with Crippen molar-refractivity contribution >= 4 is 45.6 Å². The molecule has 1 aliphatic rings. The zero-order chi connectivity index (χ0) is 22.4. The Labute approximate surface area is 189 Å². The minimum Gasteiger partial charge on any atom is -0.507 e. The van der Waals surface area contributed by atoms with Crippen LogP contribution in [0.1, 0.15) is 22.7 Å². The fraction of sp³-hybridized carbons (Fsp3) is 0.0769. The predicted molar refractivity (Wildman–Crippen MR) is 126 cm³/mol. The van der Waals surface area contributed by atoms with Crippen LogP contribution < -0.4 is 4.90 Å². The molecule has 1 aromatic heterocycles. The number of halogens is 1. The highest BCUT2D eigenvalue weighted by molar-refractivity contribution is 6.52. The average Bonchev–Trinajstić information content (AvgIpc) is 3.33. The number of ketones is 1.